The number of likely N-dealkylation sites (N-methyl/N-ethyl adjacent to an activating group) is 1. The van der Waals surface area contributed by atoms with E-state index in [1.807, 2.05) is 11.8 Å². The van der Waals surface area contributed by atoms with E-state index in [1.54, 1.807) is 10.7 Å². The largest absolute Gasteiger partial charge is 0.350 e. The topological polar surface area (TPSA) is 79.3 Å². The highest BCUT2D eigenvalue weighted by molar-refractivity contribution is 5.98. The van der Waals surface area contributed by atoms with E-state index >= 15 is 0 Å². The second-order valence-electron chi connectivity index (χ2n) is 9.60. The minimum Gasteiger partial charge on any atom is -0.350 e. The molecule has 1 aromatic heterocycles. The van der Waals surface area contributed by atoms with Gasteiger partial charge in [-0.15, -0.1) is 0 Å². The van der Waals surface area contributed by atoms with Gasteiger partial charge in [0.15, 0.2) is 5.69 Å². The zero-order valence-electron chi connectivity index (χ0n) is 19.1. The molecule has 1 atom stereocenters. The van der Waals surface area contributed by atoms with E-state index in [0.29, 0.717) is 37.1 Å². The molecule has 0 radical (unpaired) electrons. The maximum Gasteiger partial charge on any atom is 0.272 e. The van der Waals surface area contributed by atoms with Crippen LogP contribution in [-0.2, 0) is 6.54 Å². The van der Waals surface area contributed by atoms with Crippen LogP contribution in [0.1, 0.15) is 92.6 Å². The number of amides is 2. The van der Waals surface area contributed by atoms with Crippen molar-refractivity contribution in [2.45, 2.75) is 89.8 Å². The Balaban J connectivity index is 1.41. The van der Waals surface area contributed by atoms with Crippen molar-refractivity contribution in [2.24, 2.45) is 0 Å². The average molecular weight is 428 g/mol. The molecule has 2 amide bonds. The molecule has 7 nitrogen and oxygen atoms in total. The Morgan fingerprint density at radius 1 is 1.26 bits per heavy atom. The first kappa shape index (κ1) is 22.1. The number of fused-ring (bicyclic) bond motifs is 1. The monoisotopic (exact) mass is 427 g/mol. The molecule has 2 N–H and O–H groups in total. The molecule has 3 aliphatic rings. The van der Waals surface area contributed by atoms with Gasteiger partial charge in [-0.1, -0.05) is 24.5 Å². The van der Waals surface area contributed by atoms with Crippen LogP contribution < -0.4 is 10.6 Å². The summed E-state index contributed by atoms with van der Waals surface area (Å²) in [5.41, 5.74) is 1.94. The number of carbonyl (C=O) groups is 2. The molecule has 0 spiro atoms. The van der Waals surface area contributed by atoms with Gasteiger partial charge in [0.2, 0.25) is 0 Å². The lowest BCUT2D eigenvalue weighted by atomic mass is 9.95. The maximum atomic E-state index is 13.2. The quantitative estimate of drug-likeness (QED) is 0.624. The molecular formula is C24H37N5O2. The van der Waals surface area contributed by atoms with Crippen LogP contribution in [0.2, 0.25) is 0 Å². The second kappa shape index (κ2) is 9.55. The number of carbonyl (C=O) groups excluding carboxylic acids is 2. The number of allylic oxidation sites excluding steroid dienone is 1. The van der Waals surface area contributed by atoms with Crippen LogP contribution >= 0.6 is 0 Å². The van der Waals surface area contributed by atoms with Crippen LogP contribution in [0, 0.1) is 0 Å². The minimum absolute atomic E-state index is 0.0385. The van der Waals surface area contributed by atoms with Crippen molar-refractivity contribution >= 4 is 11.8 Å². The fraction of sp³-hybridized carbons (Fsp3) is 0.708. The third-order valence-corrected chi connectivity index (χ3v) is 7.18. The van der Waals surface area contributed by atoms with Gasteiger partial charge in [-0.3, -0.25) is 14.3 Å². The van der Waals surface area contributed by atoms with Gasteiger partial charge < -0.3 is 15.5 Å². The summed E-state index contributed by atoms with van der Waals surface area (Å²) in [6.45, 7) is 6.74. The molecule has 4 rings (SSSR count). The lowest BCUT2D eigenvalue weighted by molar-refractivity contribution is 0.0354. The summed E-state index contributed by atoms with van der Waals surface area (Å²) in [6.07, 6.45) is 13.0. The molecular weight excluding hydrogens is 390 g/mol. The Hall–Kier alpha value is -2.15. The summed E-state index contributed by atoms with van der Waals surface area (Å²) in [5.74, 6) is -0.233. The predicted octanol–water partition coefficient (Wildman–Crippen LogP) is 3.27. The summed E-state index contributed by atoms with van der Waals surface area (Å²) >= 11 is 0. The highest BCUT2D eigenvalue weighted by atomic mass is 16.2. The van der Waals surface area contributed by atoms with Gasteiger partial charge in [-0.25, -0.2) is 0 Å². The highest BCUT2D eigenvalue weighted by Crippen LogP contribution is 2.28. The normalized spacial score (nSPS) is 24.3. The van der Waals surface area contributed by atoms with E-state index in [9.17, 15) is 9.59 Å². The molecule has 0 bridgehead atoms. The van der Waals surface area contributed by atoms with Crippen molar-refractivity contribution in [3.05, 3.63) is 29.1 Å². The van der Waals surface area contributed by atoms with Crippen molar-refractivity contribution in [3.8, 4) is 0 Å². The first-order valence-corrected chi connectivity index (χ1v) is 12.1. The fourth-order valence-electron chi connectivity index (χ4n) is 5.34. The average Bonchev–Trinajstić information content (AvgIpc) is 3.43. The van der Waals surface area contributed by atoms with Crippen LogP contribution in [0.25, 0.3) is 0 Å². The number of nitrogens with zero attached hydrogens (tertiary/aromatic N) is 3. The highest BCUT2D eigenvalue weighted by Gasteiger charge is 2.42. The summed E-state index contributed by atoms with van der Waals surface area (Å²) in [5, 5.41) is 11.2. The van der Waals surface area contributed by atoms with Crippen molar-refractivity contribution in [3.63, 3.8) is 0 Å². The molecule has 0 aromatic carbocycles. The molecule has 1 aromatic rings. The van der Waals surface area contributed by atoms with Crippen LogP contribution in [0.4, 0.5) is 0 Å². The summed E-state index contributed by atoms with van der Waals surface area (Å²) in [4.78, 5) is 27.8. The van der Waals surface area contributed by atoms with E-state index in [4.69, 9.17) is 0 Å². The van der Waals surface area contributed by atoms with E-state index in [0.717, 1.165) is 25.8 Å². The van der Waals surface area contributed by atoms with Gasteiger partial charge in [-0.2, -0.15) is 5.10 Å². The minimum atomic E-state index is -0.353. The Morgan fingerprint density at radius 3 is 2.77 bits per heavy atom. The SMILES string of the molecule is CCN1C(=O)c2cc(C(=O)NCCC3=CCCCC3)nn2CC1(C)CNC1CCCC1. The van der Waals surface area contributed by atoms with E-state index in [-0.39, 0.29) is 17.4 Å². The van der Waals surface area contributed by atoms with Gasteiger partial charge in [0.25, 0.3) is 11.8 Å². The van der Waals surface area contributed by atoms with Gasteiger partial charge in [0.05, 0.1) is 12.1 Å². The van der Waals surface area contributed by atoms with Crippen LogP contribution in [0.15, 0.2) is 17.7 Å². The molecule has 170 valence electrons. The van der Waals surface area contributed by atoms with Crippen LogP contribution in [0.3, 0.4) is 0 Å². The third-order valence-electron chi connectivity index (χ3n) is 7.18. The zero-order valence-corrected chi connectivity index (χ0v) is 19.1. The van der Waals surface area contributed by atoms with Gasteiger partial charge in [0, 0.05) is 31.7 Å². The number of hydrogen-bond donors (Lipinski definition) is 2. The first-order valence-electron chi connectivity index (χ1n) is 12.1. The lowest BCUT2D eigenvalue weighted by Crippen LogP contribution is -2.61. The summed E-state index contributed by atoms with van der Waals surface area (Å²) in [7, 11) is 0. The number of rotatable bonds is 8. The Morgan fingerprint density at radius 2 is 2.06 bits per heavy atom. The van der Waals surface area contributed by atoms with E-state index in [1.165, 1.54) is 44.1 Å². The molecule has 31 heavy (non-hydrogen) atoms. The fourth-order valence-corrected chi connectivity index (χ4v) is 5.34. The molecule has 1 aliphatic heterocycles. The molecule has 2 heterocycles. The van der Waals surface area contributed by atoms with Crippen molar-refractivity contribution < 1.29 is 9.59 Å². The van der Waals surface area contributed by atoms with Crippen LogP contribution in [-0.4, -0.2) is 57.7 Å². The first-order chi connectivity index (χ1) is 15.0. The van der Waals surface area contributed by atoms with Gasteiger partial charge in [0.1, 0.15) is 5.69 Å². The molecule has 2 aliphatic carbocycles. The molecule has 1 unspecified atom stereocenters. The Kier molecular flexibility index (Phi) is 6.80. The third kappa shape index (κ3) is 4.86. The maximum absolute atomic E-state index is 13.2. The summed E-state index contributed by atoms with van der Waals surface area (Å²) < 4.78 is 1.74. The van der Waals surface area contributed by atoms with Gasteiger partial charge in [-0.05, 0) is 58.8 Å². The van der Waals surface area contributed by atoms with E-state index in [2.05, 4.69) is 28.7 Å². The Labute approximate surface area is 185 Å². The standard InChI is InChI=1S/C24H37N5O2/c1-3-28-23(31)21-15-20(22(30)25-14-13-18-9-5-4-6-10-18)27-29(21)17-24(28,2)16-26-19-11-7-8-12-19/h9,15,19,26H,3-8,10-14,16-17H2,1-2H3,(H,25,30). The van der Waals surface area contributed by atoms with Crippen molar-refractivity contribution in [1.82, 2.24) is 25.3 Å². The van der Waals surface area contributed by atoms with Crippen LogP contribution in [0.5, 0.6) is 0 Å². The lowest BCUT2D eigenvalue weighted by Gasteiger charge is -2.44. The number of nitrogens with one attached hydrogen (secondary N) is 2. The van der Waals surface area contributed by atoms with Crippen molar-refractivity contribution in [1.29, 1.82) is 0 Å². The smallest absolute Gasteiger partial charge is 0.272 e. The molecule has 0 saturated heterocycles. The van der Waals surface area contributed by atoms with Gasteiger partial charge >= 0.3 is 0 Å². The Bertz CT molecular complexity index is 839. The second-order valence-corrected chi connectivity index (χ2v) is 9.60. The van der Waals surface area contributed by atoms with E-state index < -0.39 is 0 Å². The number of hydrogen-bond acceptors (Lipinski definition) is 4. The predicted molar refractivity (Wildman–Crippen MR) is 121 cm³/mol. The molecule has 7 heteroatoms. The zero-order chi connectivity index (χ0) is 21.8. The molecule has 1 fully saturated rings. The van der Waals surface area contributed by atoms with Crippen molar-refractivity contribution in [2.75, 3.05) is 19.6 Å². The number of aromatic nitrogens is 2. The molecule has 1 saturated carbocycles. The summed E-state index contributed by atoms with van der Waals surface area (Å²) in [6, 6.07) is 2.20.